The number of nitrogens with one attached hydrogen (secondary N) is 1. The minimum Gasteiger partial charge on any atom is -0.452 e. The van der Waals surface area contributed by atoms with Gasteiger partial charge in [0.15, 0.2) is 6.61 Å². The van der Waals surface area contributed by atoms with Crippen molar-refractivity contribution in [1.82, 2.24) is 9.78 Å². The molecule has 0 bridgehead atoms. The van der Waals surface area contributed by atoms with E-state index in [-0.39, 0.29) is 0 Å². The zero-order valence-electron chi connectivity index (χ0n) is 14.9. The number of nitrogens with zero attached hydrogens (tertiary/aromatic N) is 2. The summed E-state index contributed by atoms with van der Waals surface area (Å²) in [7, 11) is 0. The van der Waals surface area contributed by atoms with Crippen LogP contribution in [0.5, 0.6) is 0 Å². The molecule has 1 heterocycles. The van der Waals surface area contributed by atoms with E-state index in [0.29, 0.717) is 12.2 Å². The maximum atomic E-state index is 12.8. The van der Waals surface area contributed by atoms with Gasteiger partial charge in [-0.1, -0.05) is 30.3 Å². The van der Waals surface area contributed by atoms with E-state index in [2.05, 4.69) is 10.4 Å². The SMILES string of the molecule is O=C(COC(=O)/C=C/c1cnn(Cc2ccccc2)c1)Nc1ccc(F)cc1. The highest BCUT2D eigenvalue weighted by molar-refractivity contribution is 5.94. The second-order valence-corrected chi connectivity index (χ2v) is 5.95. The monoisotopic (exact) mass is 379 g/mol. The summed E-state index contributed by atoms with van der Waals surface area (Å²) in [5, 5.41) is 6.74. The average molecular weight is 379 g/mol. The van der Waals surface area contributed by atoms with Gasteiger partial charge < -0.3 is 10.1 Å². The number of carbonyl (C=O) groups excluding carboxylic acids is 2. The third kappa shape index (κ3) is 5.91. The molecule has 0 fully saturated rings. The largest absolute Gasteiger partial charge is 0.452 e. The normalized spacial score (nSPS) is 10.8. The van der Waals surface area contributed by atoms with Gasteiger partial charge in [0.1, 0.15) is 5.82 Å². The van der Waals surface area contributed by atoms with Crippen LogP contribution in [0.3, 0.4) is 0 Å². The minimum atomic E-state index is -0.648. The molecule has 3 aromatic rings. The molecule has 0 saturated carbocycles. The summed E-state index contributed by atoms with van der Waals surface area (Å²) in [4.78, 5) is 23.5. The number of rotatable bonds is 7. The van der Waals surface area contributed by atoms with Gasteiger partial charge in [-0.05, 0) is 35.9 Å². The summed E-state index contributed by atoms with van der Waals surface area (Å²) in [6.45, 7) is 0.191. The number of carbonyl (C=O) groups is 2. The first-order valence-electron chi connectivity index (χ1n) is 8.55. The second kappa shape index (κ2) is 9.27. The van der Waals surface area contributed by atoms with Gasteiger partial charge in [0.25, 0.3) is 5.91 Å². The van der Waals surface area contributed by atoms with Crippen molar-refractivity contribution >= 4 is 23.6 Å². The first-order chi connectivity index (χ1) is 13.6. The summed E-state index contributed by atoms with van der Waals surface area (Å²) in [5.41, 5.74) is 2.28. The number of benzene rings is 2. The van der Waals surface area contributed by atoms with Gasteiger partial charge in [0, 0.05) is 23.5 Å². The van der Waals surface area contributed by atoms with E-state index < -0.39 is 24.3 Å². The third-order valence-electron chi connectivity index (χ3n) is 3.73. The predicted octanol–water partition coefficient (Wildman–Crippen LogP) is 3.27. The quantitative estimate of drug-likeness (QED) is 0.505. The van der Waals surface area contributed by atoms with Gasteiger partial charge in [-0.25, -0.2) is 9.18 Å². The van der Waals surface area contributed by atoms with Crippen molar-refractivity contribution in [3.8, 4) is 0 Å². The van der Waals surface area contributed by atoms with Gasteiger partial charge in [-0.2, -0.15) is 5.10 Å². The second-order valence-electron chi connectivity index (χ2n) is 5.95. The Morgan fingerprint density at radius 2 is 1.86 bits per heavy atom. The number of anilines is 1. The Morgan fingerprint density at radius 1 is 1.11 bits per heavy atom. The molecule has 1 aromatic heterocycles. The van der Waals surface area contributed by atoms with Crippen LogP contribution in [0, 0.1) is 5.82 Å². The number of hydrogen-bond donors (Lipinski definition) is 1. The molecule has 0 saturated heterocycles. The number of hydrogen-bond acceptors (Lipinski definition) is 4. The molecule has 0 aliphatic carbocycles. The molecule has 142 valence electrons. The Balaban J connectivity index is 1.44. The van der Waals surface area contributed by atoms with Crippen LogP contribution in [0.4, 0.5) is 10.1 Å². The fraction of sp³-hybridized carbons (Fsp3) is 0.0952. The molecule has 0 aliphatic heterocycles. The van der Waals surface area contributed by atoms with Crippen LogP contribution in [0.15, 0.2) is 73.1 Å². The topological polar surface area (TPSA) is 73.2 Å². The average Bonchev–Trinajstić information content (AvgIpc) is 3.15. The molecule has 1 N–H and O–H groups in total. The number of aromatic nitrogens is 2. The molecular formula is C21H18FN3O3. The molecular weight excluding hydrogens is 361 g/mol. The summed E-state index contributed by atoms with van der Waals surface area (Å²) in [6.07, 6.45) is 6.23. The van der Waals surface area contributed by atoms with Crippen LogP contribution in [0.1, 0.15) is 11.1 Å². The lowest BCUT2D eigenvalue weighted by atomic mass is 10.2. The lowest BCUT2D eigenvalue weighted by Gasteiger charge is -2.05. The zero-order chi connectivity index (χ0) is 19.8. The fourth-order valence-corrected chi connectivity index (χ4v) is 2.40. The molecule has 28 heavy (non-hydrogen) atoms. The minimum absolute atomic E-state index is 0.401. The van der Waals surface area contributed by atoms with Crippen molar-refractivity contribution in [2.45, 2.75) is 6.54 Å². The predicted molar refractivity (Wildman–Crippen MR) is 103 cm³/mol. The lowest BCUT2D eigenvalue weighted by molar-refractivity contribution is -0.142. The van der Waals surface area contributed by atoms with Crippen molar-refractivity contribution in [3.05, 3.63) is 90.0 Å². The molecule has 0 atom stereocenters. The first kappa shape index (κ1) is 19.0. The van der Waals surface area contributed by atoms with E-state index in [1.807, 2.05) is 30.3 Å². The Hall–Kier alpha value is -3.74. The van der Waals surface area contributed by atoms with Gasteiger partial charge in [0.2, 0.25) is 0 Å². The standard InChI is InChI=1S/C21H18FN3O3/c22-18-7-9-19(10-8-18)24-20(26)15-28-21(27)11-6-17-12-23-25(14-17)13-16-4-2-1-3-5-16/h1-12,14H,13,15H2,(H,24,26)/b11-6+. The maximum Gasteiger partial charge on any atom is 0.331 e. The zero-order valence-corrected chi connectivity index (χ0v) is 14.9. The van der Waals surface area contributed by atoms with E-state index in [1.165, 1.54) is 30.3 Å². The van der Waals surface area contributed by atoms with Crippen LogP contribution >= 0.6 is 0 Å². The van der Waals surface area contributed by atoms with E-state index in [4.69, 9.17) is 4.74 Å². The first-order valence-corrected chi connectivity index (χ1v) is 8.55. The highest BCUT2D eigenvalue weighted by Crippen LogP contribution is 2.08. The molecule has 0 radical (unpaired) electrons. The Labute approximate surface area is 161 Å². The van der Waals surface area contributed by atoms with E-state index >= 15 is 0 Å². The fourth-order valence-electron chi connectivity index (χ4n) is 2.40. The number of halogens is 1. The number of esters is 1. The van der Waals surface area contributed by atoms with Crippen LogP contribution in [0.25, 0.3) is 6.08 Å². The maximum absolute atomic E-state index is 12.8. The molecule has 0 aliphatic rings. The van der Waals surface area contributed by atoms with Crippen molar-refractivity contribution in [1.29, 1.82) is 0 Å². The smallest absolute Gasteiger partial charge is 0.331 e. The third-order valence-corrected chi connectivity index (χ3v) is 3.73. The van der Waals surface area contributed by atoms with Crippen molar-refractivity contribution in [2.24, 2.45) is 0 Å². The summed E-state index contributed by atoms with van der Waals surface area (Å²) < 4.78 is 19.5. The number of amides is 1. The van der Waals surface area contributed by atoms with Crippen LogP contribution in [-0.2, 0) is 20.9 Å². The molecule has 7 heteroatoms. The molecule has 6 nitrogen and oxygen atoms in total. The highest BCUT2D eigenvalue weighted by atomic mass is 19.1. The molecule has 0 unspecified atom stereocenters. The van der Waals surface area contributed by atoms with Crippen LogP contribution in [0.2, 0.25) is 0 Å². The summed E-state index contributed by atoms with van der Waals surface area (Å²) in [5.74, 6) is -1.56. The van der Waals surface area contributed by atoms with Crippen LogP contribution in [-0.4, -0.2) is 28.3 Å². The van der Waals surface area contributed by atoms with Gasteiger partial charge in [-0.15, -0.1) is 0 Å². The Morgan fingerprint density at radius 3 is 2.61 bits per heavy atom. The van der Waals surface area contributed by atoms with E-state index in [1.54, 1.807) is 23.2 Å². The summed E-state index contributed by atoms with van der Waals surface area (Å²) in [6, 6.07) is 15.2. The van der Waals surface area contributed by atoms with Crippen molar-refractivity contribution in [2.75, 3.05) is 11.9 Å². The summed E-state index contributed by atoms with van der Waals surface area (Å²) >= 11 is 0. The van der Waals surface area contributed by atoms with Crippen molar-refractivity contribution in [3.63, 3.8) is 0 Å². The van der Waals surface area contributed by atoms with Crippen LogP contribution < -0.4 is 5.32 Å². The Bertz CT molecular complexity index is 966. The Kier molecular flexibility index (Phi) is 6.30. The van der Waals surface area contributed by atoms with Crippen molar-refractivity contribution < 1.29 is 18.7 Å². The van der Waals surface area contributed by atoms with E-state index in [0.717, 1.165) is 11.1 Å². The van der Waals surface area contributed by atoms with Gasteiger partial charge >= 0.3 is 5.97 Å². The molecule has 1 amide bonds. The molecule has 2 aromatic carbocycles. The molecule has 3 rings (SSSR count). The lowest BCUT2D eigenvalue weighted by Crippen LogP contribution is -2.20. The highest BCUT2D eigenvalue weighted by Gasteiger charge is 2.06. The van der Waals surface area contributed by atoms with Gasteiger partial charge in [0.05, 0.1) is 12.7 Å². The van der Waals surface area contributed by atoms with E-state index in [9.17, 15) is 14.0 Å². The molecule has 0 spiro atoms. The number of ether oxygens (including phenoxy) is 1. The van der Waals surface area contributed by atoms with Gasteiger partial charge in [-0.3, -0.25) is 9.48 Å².